The zero-order valence-electron chi connectivity index (χ0n) is 23.2. The van der Waals surface area contributed by atoms with Gasteiger partial charge in [-0.2, -0.15) is 0 Å². The fraction of sp³-hybridized carbons (Fsp3) is 0.367. The molecule has 2 aromatic carbocycles. The van der Waals surface area contributed by atoms with Gasteiger partial charge in [0.1, 0.15) is 24.1 Å². The molecule has 3 aromatic rings. The number of ketones is 1. The molecule has 1 aromatic heterocycles. The molecule has 11 heteroatoms. The van der Waals surface area contributed by atoms with E-state index < -0.39 is 29.9 Å². The van der Waals surface area contributed by atoms with Crippen LogP contribution < -0.4 is 15.4 Å². The van der Waals surface area contributed by atoms with Gasteiger partial charge in [-0.3, -0.25) is 19.3 Å². The highest BCUT2D eigenvalue weighted by Crippen LogP contribution is 2.33. The molecule has 41 heavy (non-hydrogen) atoms. The van der Waals surface area contributed by atoms with Crippen LogP contribution in [0.1, 0.15) is 60.3 Å². The molecule has 1 unspecified atom stereocenters. The van der Waals surface area contributed by atoms with Crippen molar-refractivity contribution >= 4 is 40.6 Å². The summed E-state index contributed by atoms with van der Waals surface area (Å²) in [5, 5.41) is 7.39. The van der Waals surface area contributed by atoms with E-state index in [2.05, 4.69) is 15.6 Å². The maximum atomic E-state index is 13.6. The number of carbonyl (C=O) groups is 4. The van der Waals surface area contributed by atoms with Gasteiger partial charge in [0, 0.05) is 24.3 Å². The summed E-state index contributed by atoms with van der Waals surface area (Å²) in [6.07, 6.45) is 2.06. The summed E-state index contributed by atoms with van der Waals surface area (Å²) in [6, 6.07) is 14.0. The first-order valence-electron chi connectivity index (χ1n) is 13.4. The molecule has 1 fully saturated rings. The van der Waals surface area contributed by atoms with Crippen molar-refractivity contribution in [3.63, 3.8) is 0 Å². The second-order valence-corrected chi connectivity index (χ2v) is 10.8. The normalized spacial score (nSPS) is 14.8. The Morgan fingerprint density at radius 2 is 1.76 bits per heavy atom. The minimum atomic E-state index is -1.19. The van der Waals surface area contributed by atoms with Gasteiger partial charge >= 0.3 is 6.03 Å². The highest BCUT2D eigenvalue weighted by molar-refractivity contribution is 7.14. The van der Waals surface area contributed by atoms with Gasteiger partial charge in [-0.1, -0.05) is 49.4 Å². The molecule has 0 saturated heterocycles. The van der Waals surface area contributed by atoms with Crippen molar-refractivity contribution < 1.29 is 28.7 Å². The maximum absolute atomic E-state index is 13.6. The highest BCUT2D eigenvalue weighted by Gasteiger charge is 2.37. The topological polar surface area (TPSA) is 127 Å². The smallest absolute Gasteiger partial charge is 0.325 e. The zero-order valence-corrected chi connectivity index (χ0v) is 24.1. The van der Waals surface area contributed by atoms with Crippen molar-refractivity contribution in [1.82, 2.24) is 15.2 Å². The van der Waals surface area contributed by atoms with E-state index in [9.17, 15) is 19.2 Å². The summed E-state index contributed by atoms with van der Waals surface area (Å²) < 4.78 is 10.6. The van der Waals surface area contributed by atoms with Gasteiger partial charge in [0.15, 0.2) is 10.9 Å². The molecular weight excluding hydrogens is 544 g/mol. The molecule has 3 atom stereocenters. The summed E-state index contributed by atoms with van der Waals surface area (Å²) in [4.78, 5) is 56.9. The SMILES string of the molecule is COCCOc1ccc([C@H](C)NC(=O)N(C=O)[C@H](C(=O)Nc2nc(C(=O)C3CC3)cs2)C(C)c2ccccc2)cc1. The molecule has 1 aliphatic carbocycles. The lowest BCUT2D eigenvalue weighted by atomic mass is 9.91. The lowest BCUT2D eigenvalue weighted by Gasteiger charge is -2.31. The standard InChI is InChI=1S/C30H34N4O6S/c1-19(21-7-5-4-6-8-21)26(28(37)33-29-32-25(17-41-29)27(36)23-9-10-23)34(18-35)30(38)31-20(2)22-11-13-24(14-12-22)40-16-15-39-3/h4-8,11-14,17-20,23,26H,9-10,15-16H2,1-3H3,(H,31,38)(H,32,33,37)/t19?,20-,26-/m0/s1. The summed E-state index contributed by atoms with van der Waals surface area (Å²) in [5.41, 5.74) is 1.87. The number of benzene rings is 2. The third-order valence-electron chi connectivity index (χ3n) is 6.93. The van der Waals surface area contributed by atoms with Crippen molar-refractivity contribution in [1.29, 1.82) is 0 Å². The molecule has 4 rings (SSSR count). The lowest BCUT2D eigenvalue weighted by molar-refractivity contribution is -0.127. The minimum Gasteiger partial charge on any atom is -0.491 e. The highest BCUT2D eigenvalue weighted by atomic mass is 32.1. The van der Waals surface area contributed by atoms with Crippen molar-refractivity contribution in [2.24, 2.45) is 5.92 Å². The van der Waals surface area contributed by atoms with Crippen LogP contribution in [0.3, 0.4) is 0 Å². The van der Waals surface area contributed by atoms with Gasteiger partial charge in [0.2, 0.25) is 12.3 Å². The Morgan fingerprint density at radius 3 is 2.39 bits per heavy atom. The predicted molar refractivity (Wildman–Crippen MR) is 155 cm³/mol. The van der Waals surface area contributed by atoms with E-state index in [4.69, 9.17) is 9.47 Å². The third-order valence-corrected chi connectivity index (χ3v) is 7.68. The van der Waals surface area contributed by atoms with Gasteiger partial charge < -0.3 is 20.1 Å². The number of Topliss-reactive ketones (excluding diaryl/α,β-unsaturated/α-hetero) is 1. The monoisotopic (exact) mass is 578 g/mol. The second-order valence-electron chi connectivity index (χ2n) is 9.90. The third kappa shape index (κ3) is 7.77. The van der Waals surface area contributed by atoms with E-state index in [-0.39, 0.29) is 16.8 Å². The zero-order chi connectivity index (χ0) is 29.4. The number of ether oxygens (including phenoxy) is 2. The van der Waals surface area contributed by atoms with E-state index in [1.807, 2.05) is 42.5 Å². The summed E-state index contributed by atoms with van der Waals surface area (Å²) in [5.74, 6) is -0.501. The van der Waals surface area contributed by atoms with E-state index in [1.165, 1.54) is 0 Å². The molecule has 1 saturated carbocycles. The Labute approximate surface area is 243 Å². The number of amides is 4. The number of anilines is 1. The number of imide groups is 1. The quantitative estimate of drug-likeness (QED) is 0.160. The molecule has 10 nitrogen and oxygen atoms in total. The van der Waals surface area contributed by atoms with Crippen LogP contribution >= 0.6 is 11.3 Å². The molecule has 216 valence electrons. The summed E-state index contributed by atoms with van der Waals surface area (Å²) in [7, 11) is 1.60. The van der Waals surface area contributed by atoms with E-state index >= 15 is 0 Å². The first-order valence-corrected chi connectivity index (χ1v) is 14.3. The fourth-order valence-electron chi connectivity index (χ4n) is 4.39. The molecule has 1 aliphatic rings. The van der Waals surface area contributed by atoms with Crippen LogP contribution in [0.25, 0.3) is 0 Å². The molecule has 2 N–H and O–H groups in total. The van der Waals surface area contributed by atoms with Crippen LogP contribution in [0, 0.1) is 5.92 Å². The Kier molecular flexibility index (Phi) is 10.2. The van der Waals surface area contributed by atoms with Crippen molar-refractivity contribution in [3.05, 3.63) is 76.8 Å². The van der Waals surface area contributed by atoms with Crippen LogP contribution in [-0.4, -0.2) is 60.4 Å². The van der Waals surface area contributed by atoms with Crippen molar-refractivity contribution in [3.8, 4) is 5.75 Å². The Bertz CT molecular complexity index is 1340. The average molecular weight is 579 g/mol. The number of hydrogen-bond acceptors (Lipinski definition) is 8. The summed E-state index contributed by atoms with van der Waals surface area (Å²) >= 11 is 1.13. The van der Waals surface area contributed by atoms with Gasteiger partial charge in [-0.15, -0.1) is 11.3 Å². The van der Waals surface area contributed by atoms with Gasteiger partial charge in [0.25, 0.3) is 0 Å². The molecule has 0 radical (unpaired) electrons. The molecule has 0 spiro atoms. The number of rotatable bonds is 14. The van der Waals surface area contributed by atoms with Crippen LogP contribution in [0.15, 0.2) is 60.0 Å². The molecule has 1 heterocycles. The summed E-state index contributed by atoms with van der Waals surface area (Å²) in [6.45, 7) is 4.44. The molecule has 4 amide bonds. The molecule has 0 bridgehead atoms. The number of methoxy groups -OCH3 is 1. The van der Waals surface area contributed by atoms with Gasteiger partial charge in [-0.05, 0) is 43.0 Å². The first-order chi connectivity index (χ1) is 19.8. The number of carbonyl (C=O) groups excluding carboxylic acids is 4. The van der Waals surface area contributed by atoms with E-state index in [1.54, 1.807) is 38.5 Å². The Morgan fingerprint density at radius 1 is 1.05 bits per heavy atom. The van der Waals surface area contributed by atoms with Gasteiger partial charge in [-0.25, -0.2) is 9.78 Å². The van der Waals surface area contributed by atoms with E-state index in [0.29, 0.717) is 31.1 Å². The number of nitrogens with one attached hydrogen (secondary N) is 2. The number of thiazole rings is 1. The van der Waals surface area contributed by atoms with Crippen LogP contribution in [0.5, 0.6) is 5.75 Å². The molecule has 0 aliphatic heterocycles. The number of hydrogen-bond donors (Lipinski definition) is 2. The minimum absolute atomic E-state index is 0.00197. The van der Waals surface area contributed by atoms with Crippen LogP contribution in [0.2, 0.25) is 0 Å². The number of urea groups is 1. The van der Waals surface area contributed by atoms with E-state index in [0.717, 1.165) is 40.2 Å². The van der Waals surface area contributed by atoms with Crippen molar-refractivity contribution in [2.45, 2.75) is 44.7 Å². The largest absolute Gasteiger partial charge is 0.491 e. The predicted octanol–water partition coefficient (Wildman–Crippen LogP) is 4.80. The average Bonchev–Trinajstić information content (AvgIpc) is 3.74. The molecular formula is C30H34N4O6S. The Balaban J connectivity index is 1.50. The number of nitrogens with zero attached hydrogens (tertiary/aromatic N) is 2. The van der Waals surface area contributed by atoms with Crippen molar-refractivity contribution in [2.75, 3.05) is 25.6 Å². The van der Waals surface area contributed by atoms with Crippen LogP contribution in [0.4, 0.5) is 9.93 Å². The fourth-order valence-corrected chi connectivity index (χ4v) is 5.09. The lowest BCUT2D eigenvalue weighted by Crippen LogP contribution is -2.53. The van der Waals surface area contributed by atoms with Crippen LogP contribution in [-0.2, 0) is 14.3 Å². The Hall–Kier alpha value is -4.09. The first kappa shape index (κ1) is 29.9. The number of aromatic nitrogens is 1. The second kappa shape index (κ2) is 14.0. The van der Waals surface area contributed by atoms with Gasteiger partial charge in [0.05, 0.1) is 12.6 Å². The maximum Gasteiger partial charge on any atom is 0.325 e.